The van der Waals surface area contributed by atoms with Gasteiger partial charge in [-0.2, -0.15) is 0 Å². The Labute approximate surface area is 201 Å². The molecule has 0 saturated heterocycles. The number of halogens is 2. The zero-order chi connectivity index (χ0) is 24.2. The smallest absolute Gasteiger partial charge is 0.339 e. The number of sulfonamides is 1. The van der Waals surface area contributed by atoms with Crippen molar-refractivity contribution in [2.24, 2.45) is 0 Å². The first-order valence-corrected chi connectivity index (χ1v) is 12.0. The van der Waals surface area contributed by atoms with Crippen molar-refractivity contribution in [3.05, 3.63) is 87.4 Å². The maximum Gasteiger partial charge on any atom is 0.339 e. The molecule has 0 aliphatic carbocycles. The predicted octanol–water partition coefficient (Wildman–Crippen LogP) is 5.53. The second kappa shape index (κ2) is 10.2. The van der Waals surface area contributed by atoms with Crippen LogP contribution in [0.5, 0.6) is 0 Å². The van der Waals surface area contributed by atoms with Crippen molar-refractivity contribution >= 4 is 56.5 Å². The number of hydrogen-bond donors (Lipinski definition) is 2. The highest BCUT2D eigenvalue weighted by Crippen LogP contribution is 2.27. The Bertz CT molecular complexity index is 1330. The summed E-state index contributed by atoms with van der Waals surface area (Å²) < 4.78 is 33.3. The van der Waals surface area contributed by atoms with Crippen molar-refractivity contribution < 1.29 is 22.7 Å². The fourth-order valence-electron chi connectivity index (χ4n) is 2.91. The van der Waals surface area contributed by atoms with Crippen LogP contribution in [0.3, 0.4) is 0 Å². The largest absolute Gasteiger partial charge is 0.462 e. The van der Waals surface area contributed by atoms with Crippen molar-refractivity contribution in [2.75, 3.05) is 16.6 Å². The molecule has 172 valence electrons. The first kappa shape index (κ1) is 24.6. The van der Waals surface area contributed by atoms with E-state index in [2.05, 4.69) is 10.0 Å². The van der Waals surface area contributed by atoms with Crippen molar-refractivity contribution in [1.29, 1.82) is 0 Å². The van der Waals surface area contributed by atoms with E-state index in [9.17, 15) is 18.0 Å². The number of carbonyl (C=O) groups excluding carboxylic acids is 2. The number of rotatable bonds is 7. The van der Waals surface area contributed by atoms with Gasteiger partial charge in [-0.05, 0) is 61.9 Å². The van der Waals surface area contributed by atoms with Gasteiger partial charge in [0.15, 0.2) is 0 Å². The van der Waals surface area contributed by atoms with Crippen LogP contribution in [0.15, 0.2) is 65.6 Å². The van der Waals surface area contributed by atoms with E-state index in [-0.39, 0.29) is 38.4 Å². The molecule has 0 heterocycles. The second-order valence-corrected chi connectivity index (χ2v) is 9.40. The number of para-hydroxylation sites is 1. The van der Waals surface area contributed by atoms with Crippen molar-refractivity contribution in [1.82, 2.24) is 0 Å². The Kier molecular flexibility index (Phi) is 7.63. The summed E-state index contributed by atoms with van der Waals surface area (Å²) in [5.74, 6) is -1.23. The average Bonchev–Trinajstić information content (AvgIpc) is 2.76. The van der Waals surface area contributed by atoms with Gasteiger partial charge in [-0.15, -0.1) is 0 Å². The van der Waals surface area contributed by atoms with Gasteiger partial charge in [0, 0.05) is 11.3 Å². The zero-order valence-corrected chi connectivity index (χ0v) is 20.0. The molecule has 33 heavy (non-hydrogen) atoms. The molecule has 0 radical (unpaired) electrons. The number of hydrogen-bond acceptors (Lipinski definition) is 5. The molecule has 0 bridgehead atoms. The van der Waals surface area contributed by atoms with Gasteiger partial charge in [-0.25, -0.2) is 13.2 Å². The van der Waals surface area contributed by atoms with Gasteiger partial charge in [0.2, 0.25) is 0 Å². The Morgan fingerprint density at radius 3 is 2.36 bits per heavy atom. The van der Waals surface area contributed by atoms with E-state index in [0.29, 0.717) is 5.69 Å². The highest BCUT2D eigenvalue weighted by Gasteiger charge is 2.21. The number of ether oxygens (including phenoxy) is 1. The molecule has 7 nitrogen and oxygen atoms in total. The van der Waals surface area contributed by atoms with Crippen LogP contribution < -0.4 is 10.0 Å². The second-order valence-electron chi connectivity index (χ2n) is 6.93. The molecule has 0 atom stereocenters. The van der Waals surface area contributed by atoms with Gasteiger partial charge < -0.3 is 10.1 Å². The maximum absolute atomic E-state index is 12.9. The van der Waals surface area contributed by atoms with Gasteiger partial charge in [0.25, 0.3) is 15.9 Å². The molecule has 0 saturated carbocycles. The molecule has 10 heteroatoms. The number of anilines is 2. The first-order chi connectivity index (χ1) is 15.6. The third kappa shape index (κ3) is 5.84. The summed E-state index contributed by atoms with van der Waals surface area (Å²) in [6.45, 7) is 3.60. The summed E-state index contributed by atoms with van der Waals surface area (Å²) in [6.07, 6.45) is 0. The number of aryl methyl sites for hydroxylation is 1. The molecule has 3 rings (SSSR count). The van der Waals surface area contributed by atoms with Crippen LogP contribution in [-0.4, -0.2) is 26.9 Å². The van der Waals surface area contributed by atoms with Gasteiger partial charge in [0.05, 0.1) is 27.9 Å². The van der Waals surface area contributed by atoms with E-state index in [1.165, 1.54) is 36.4 Å². The summed E-state index contributed by atoms with van der Waals surface area (Å²) in [5, 5.41) is 2.75. The molecule has 0 aliphatic rings. The summed E-state index contributed by atoms with van der Waals surface area (Å²) >= 11 is 12.2. The summed E-state index contributed by atoms with van der Waals surface area (Å²) in [6, 6.07) is 15.1. The van der Waals surface area contributed by atoms with E-state index in [1.54, 1.807) is 38.1 Å². The van der Waals surface area contributed by atoms with E-state index in [1.807, 2.05) is 0 Å². The molecule has 0 aliphatic heterocycles. The normalized spacial score (nSPS) is 11.0. The Morgan fingerprint density at radius 1 is 0.970 bits per heavy atom. The minimum Gasteiger partial charge on any atom is -0.462 e. The van der Waals surface area contributed by atoms with Crippen LogP contribution in [0.1, 0.15) is 33.2 Å². The number of amides is 1. The number of nitrogens with one attached hydrogen (secondary N) is 2. The maximum atomic E-state index is 12.9. The number of carbonyl (C=O) groups is 2. The van der Waals surface area contributed by atoms with Gasteiger partial charge in [-0.3, -0.25) is 9.52 Å². The highest BCUT2D eigenvalue weighted by atomic mass is 35.5. The third-order valence-corrected chi connectivity index (χ3v) is 6.77. The lowest BCUT2D eigenvalue weighted by Crippen LogP contribution is -2.17. The molecule has 1 amide bonds. The standard InChI is InChI=1S/C23H20Cl2N2O5S/c1-3-32-23(29)17-13-16(9-11-18(17)24)26-22(28)15-8-10-19(25)21(12-15)33(30,31)27-20-7-5-4-6-14(20)2/h4-13,27H,3H2,1-2H3,(H,26,28). The summed E-state index contributed by atoms with van der Waals surface area (Å²) in [7, 11) is -4.07. The van der Waals surface area contributed by atoms with Crippen LogP contribution in [0.25, 0.3) is 0 Å². The van der Waals surface area contributed by atoms with Gasteiger partial charge in [0.1, 0.15) is 4.90 Å². The van der Waals surface area contributed by atoms with Crippen molar-refractivity contribution in [3.8, 4) is 0 Å². The molecule has 0 fully saturated rings. The predicted molar refractivity (Wildman–Crippen MR) is 129 cm³/mol. The van der Waals surface area contributed by atoms with E-state index >= 15 is 0 Å². The van der Waals surface area contributed by atoms with Crippen LogP contribution in [-0.2, 0) is 14.8 Å². The Balaban J connectivity index is 1.87. The molecular weight excluding hydrogens is 487 g/mol. The average molecular weight is 507 g/mol. The Morgan fingerprint density at radius 2 is 1.67 bits per heavy atom. The van der Waals surface area contributed by atoms with Crippen LogP contribution in [0.4, 0.5) is 11.4 Å². The lowest BCUT2D eigenvalue weighted by Gasteiger charge is -2.13. The van der Waals surface area contributed by atoms with Crippen LogP contribution >= 0.6 is 23.2 Å². The van der Waals surface area contributed by atoms with Gasteiger partial charge in [-0.1, -0.05) is 41.4 Å². The van der Waals surface area contributed by atoms with Crippen LogP contribution in [0.2, 0.25) is 10.0 Å². The fraction of sp³-hybridized carbons (Fsp3) is 0.130. The van der Waals surface area contributed by atoms with Gasteiger partial charge >= 0.3 is 5.97 Å². The third-order valence-electron chi connectivity index (χ3n) is 4.59. The molecule has 3 aromatic carbocycles. The van der Waals surface area contributed by atoms with E-state index in [0.717, 1.165) is 5.56 Å². The minimum atomic E-state index is -4.07. The molecular formula is C23H20Cl2N2O5S. The lowest BCUT2D eigenvalue weighted by molar-refractivity contribution is 0.0526. The highest BCUT2D eigenvalue weighted by molar-refractivity contribution is 7.92. The first-order valence-electron chi connectivity index (χ1n) is 9.78. The minimum absolute atomic E-state index is 0.0382. The molecule has 0 unspecified atom stereocenters. The quantitative estimate of drug-likeness (QED) is 0.410. The Hall–Kier alpha value is -3.07. The lowest BCUT2D eigenvalue weighted by atomic mass is 10.1. The number of benzene rings is 3. The zero-order valence-electron chi connectivity index (χ0n) is 17.7. The van der Waals surface area contributed by atoms with Crippen molar-refractivity contribution in [3.63, 3.8) is 0 Å². The molecule has 0 aromatic heterocycles. The SMILES string of the molecule is CCOC(=O)c1cc(NC(=O)c2ccc(Cl)c(S(=O)(=O)Nc3ccccc3C)c2)ccc1Cl. The van der Waals surface area contributed by atoms with E-state index < -0.39 is 21.9 Å². The molecule has 3 aromatic rings. The monoisotopic (exact) mass is 506 g/mol. The molecule has 0 spiro atoms. The van der Waals surface area contributed by atoms with Crippen molar-refractivity contribution in [2.45, 2.75) is 18.7 Å². The molecule has 2 N–H and O–H groups in total. The topological polar surface area (TPSA) is 102 Å². The summed E-state index contributed by atoms with van der Waals surface area (Å²) in [5.41, 5.74) is 1.56. The van der Waals surface area contributed by atoms with Crippen LogP contribution in [0, 0.1) is 6.92 Å². The van der Waals surface area contributed by atoms with E-state index in [4.69, 9.17) is 27.9 Å². The summed E-state index contributed by atoms with van der Waals surface area (Å²) in [4.78, 5) is 24.6. The fourth-order valence-corrected chi connectivity index (χ4v) is 4.76. The number of esters is 1.